The third kappa shape index (κ3) is 3.32. The zero-order valence-corrected chi connectivity index (χ0v) is 12.6. The molecule has 0 saturated heterocycles. The van der Waals surface area contributed by atoms with Crippen LogP contribution >= 0.6 is 23.2 Å². The molecule has 19 heavy (non-hydrogen) atoms. The van der Waals surface area contributed by atoms with E-state index in [0.717, 1.165) is 12.1 Å². The molecule has 1 aromatic carbocycles. The van der Waals surface area contributed by atoms with Crippen LogP contribution in [0.3, 0.4) is 0 Å². The molecule has 106 valence electrons. The highest BCUT2D eigenvalue weighted by Crippen LogP contribution is 2.37. The van der Waals surface area contributed by atoms with Gasteiger partial charge in [0.15, 0.2) is 0 Å². The van der Waals surface area contributed by atoms with E-state index in [-0.39, 0.29) is 20.6 Å². The van der Waals surface area contributed by atoms with E-state index in [9.17, 15) is 16.8 Å². The van der Waals surface area contributed by atoms with Gasteiger partial charge in [-0.3, -0.25) is 4.72 Å². The van der Waals surface area contributed by atoms with Crippen LogP contribution in [0.4, 0.5) is 5.69 Å². The van der Waals surface area contributed by atoms with E-state index < -0.39 is 25.3 Å². The topological polar surface area (TPSA) is 106 Å². The molecular formula is C9H10Cl2N2O4S2. The first-order valence-electron chi connectivity index (χ1n) is 5.15. The Morgan fingerprint density at radius 3 is 1.95 bits per heavy atom. The second-order valence-corrected chi connectivity index (χ2v) is 8.49. The predicted molar refractivity (Wildman–Crippen MR) is 73.4 cm³/mol. The third-order valence-electron chi connectivity index (χ3n) is 2.55. The first-order chi connectivity index (χ1) is 8.61. The Morgan fingerprint density at radius 2 is 1.58 bits per heavy atom. The van der Waals surface area contributed by atoms with Crippen molar-refractivity contribution in [3.63, 3.8) is 0 Å². The number of nitrogens with one attached hydrogen (secondary N) is 1. The van der Waals surface area contributed by atoms with Gasteiger partial charge in [-0.2, -0.15) is 0 Å². The highest BCUT2D eigenvalue weighted by Gasteiger charge is 2.36. The quantitative estimate of drug-likeness (QED) is 0.863. The number of rotatable bonds is 4. The number of anilines is 1. The summed E-state index contributed by atoms with van der Waals surface area (Å²) in [6.07, 6.45) is 1.17. The number of benzene rings is 1. The van der Waals surface area contributed by atoms with Crippen molar-refractivity contribution in [3.8, 4) is 0 Å². The van der Waals surface area contributed by atoms with Crippen LogP contribution in [0.1, 0.15) is 12.8 Å². The van der Waals surface area contributed by atoms with E-state index in [1.807, 2.05) is 0 Å². The molecule has 0 bridgehead atoms. The molecule has 1 fully saturated rings. The molecule has 3 N–H and O–H groups in total. The fraction of sp³-hybridized carbons (Fsp3) is 0.333. The SMILES string of the molecule is NS(=O)(=O)c1cc(Cl)c(NS(=O)(=O)C2CC2)c(Cl)c1. The number of hydrogen-bond donors (Lipinski definition) is 2. The standard InChI is InChI=1S/C9H10Cl2N2O4S2/c10-7-3-6(18(12,14)15)4-8(11)9(7)13-19(16,17)5-1-2-5/h3-5,13H,1-2H2,(H2,12,14,15). The van der Waals surface area contributed by atoms with Gasteiger partial charge < -0.3 is 0 Å². The van der Waals surface area contributed by atoms with Crippen LogP contribution in [0.2, 0.25) is 10.0 Å². The molecular weight excluding hydrogens is 335 g/mol. The number of hydrogen-bond acceptors (Lipinski definition) is 4. The first-order valence-corrected chi connectivity index (χ1v) is 8.99. The summed E-state index contributed by atoms with van der Waals surface area (Å²) >= 11 is 11.7. The van der Waals surface area contributed by atoms with Crippen molar-refractivity contribution < 1.29 is 16.8 Å². The van der Waals surface area contributed by atoms with Crippen molar-refractivity contribution in [2.45, 2.75) is 23.0 Å². The van der Waals surface area contributed by atoms with Crippen LogP contribution in [0.5, 0.6) is 0 Å². The zero-order valence-electron chi connectivity index (χ0n) is 9.43. The molecule has 1 aliphatic rings. The Balaban J connectivity index is 2.43. The summed E-state index contributed by atoms with van der Waals surface area (Å²) in [6, 6.07) is 2.10. The second-order valence-electron chi connectivity index (χ2n) is 4.15. The predicted octanol–water partition coefficient (Wildman–Crippen LogP) is 1.54. The summed E-state index contributed by atoms with van der Waals surface area (Å²) in [6.45, 7) is 0. The number of primary sulfonamides is 1. The Kier molecular flexibility index (Phi) is 3.74. The highest BCUT2D eigenvalue weighted by molar-refractivity contribution is 7.93. The summed E-state index contributed by atoms with van der Waals surface area (Å²) in [4.78, 5) is -0.281. The molecule has 0 spiro atoms. The smallest absolute Gasteiger partial charge is 0.238 e. The summed E-state index contributed by atoms with van der Waals surface area (Å²) in [5.74, 6) is 0. The summed E-state index contributed by atoms with van der Waals surface area (Å²) in [5.41, 5.74) is -0.0392. The summed E-state index contributed by atoms with van der Waals surface area (Å²) in [5, 5.41) is 4.25. The molecule has 0 unspecified atom stereocenters. The maximum absolute atomic E-state index is 11.8. The second kappa shape index (κ2) is 4.78. The largest absolute Gasteiger partial charge is 0.280 e. The summed E-state index contributed by atoms with van der Waals surface area (Å²) in [7, 11) is -7.49. The lowest BCUT2D eigenvalue weighted by atomic mass is 10.3. The maximum Gasteiger partial charge on any atom is 0.238 e. The van der Waals surface area contributed by atoms with E-state index in [1.165, 1.54) is 0 Å². The Morgan fingerprint density at radius 1 is 1.11 bits per heavy atom. The van der Waals surface area contributed by atoms with Crippen LogP contribution < -0.4 is 9.86 Å². The van der Waals surface area contributed by atoms with Crippen LogP contribution in [-0.2, 0) is 20.0 Å². The molecule has 0 heterocycles. The average molecular weight is 345 g/mol. The van der Waals surface area contributed by atoms with Gasteiger partial charge in [0, 0.05) is 0 Å². The van der Waals surface area contributed by atoms with Crippen molar-refractivity contribution >= 4 is 48.9 Å². The lowest BCUT2D eigenvalue weighted by molar-refractivity contribution is 0.597. The number of halogens is 2. The molecule has 1 aromatic rings. The van der Waals surface area contributed by atoms with Gasteiger partial charge in [0.1, 0.15) is 0 Å². The highest BCUT2D eigenvalue weighted by atomic mass is 35.5. The molecule has 1 saturated carbocycles. The third-order valence-corrected chi connectivity index (χ3v) is 5.88. The Hall–Kier alpha value is -0.540. The van der Waals surface area contributed by atoms with Crippen LogP contribution in [0.15, 0.2) is 17.0 Å². The van der Waals surface area contributed by atoms with Gasteiger partial charge in [0.25, 0.3) is 0 Å². The Labute approximate surface area is 121 Å². The van der Waals surface area contributed by atoms with Gasteiger partial charge >= 0.3 is 0 Å². The van der Waals surface area contributed by atoms with Gasteiger partial charge in [0.2, 0.25) is 20.0 Å². The van der Waals surface area contributed by atoms with Crippen LogP contribution in [0, 0.1) is 0 Å². The minimum absolute atomic E-state index is 0.0392. The van der Waals surface area contributed by atoms with Crippen molar-refractivity contribution in [2.75, 3.05) is 4.72 Å². The fourth-order valence-corrected chi connectivity index (χ4v) is 4.23. The maximum atomic E-state index is 11.8. The fourth-order valence-electron chi connectivity index (χ4n) is 1.42. The van der Waals surface area contributed by atoms with Crippen LogP contribution in [0.25, 0.3) is 0 Å². The molecule has 0 amide bonds. The minimum atomic E-state index is -3.96. The zero-order chi connectivity index (χ0) is 14.4. The molecule has 1 aliphatic carbocycles. The molecule has 2 rings (SSSR count). The van der Waals surface area contributed by atoms with E-state index in [0.29, 0.717) is 12.8 Å². The molecule has 10 heteroatoms. The molecule has 6 nitrogen and oxygen atoms in total. The first kappa shape index (κ1) is 14.9. The number of nitrogens with two attached hydrogens (primary N) is 1. The van der Waals surface area contributed by atoms with E-state index in [2.05, 4.69) is 4.72 Å². The number of sulfonamides is 2. The Bertz CT molecular complexity index is 704. The lowest BCUT2D eigenvalue weighted by Gasteiger charge is -2.11. The van der Waals surface area contributed by atoms with Gasteiger partial charge in [-0.1, -0.05) is 23.2 Å². The average Bonchev–Trinajstić information content (AvgIpc) is 3.05. The van der Waals surface area contributed by atoms with Crippen molar-refractivity contribution in [1.82, 2.24) is 0 Å². The minimum Gasteiger partial charge on any atom is -0.280 e. The monoisotopic (exact) mass is 344 g/mol. The molecule has 0 aromatic heterocycles. The van der Waals surface area contributed by atoms with E-state index >= 15 is 0 Å². The van der Waals surface area contributed by atoms with Crippen molar-refractivity contribution in [3.05, 3.63) is 22.2 Å². The molecule has 0 radical (unpaired) electrons. The van der Waals surface area contributed by atoms with Gasteiger partial charge in [0.05, 0.1) is 25.9 Å². The van der Waals surface area contributed by atoms with E-state index in [1.54, 1.807) is 0 Å². The molecule has 0 aliphatic heterocycles. The van der Waals surface area contributed by atoms with Crippen LogP contribution in [-0.4, -0.2) is 22.1 Å². The van der Waals surface area contributed by atoms with Gasteiger partial charge in [-0.25, -0.2) is 22.0 Å². The van der Waals surface area contributed by atoms with E-state index in [4.69, 9.17) is 28.3 Å². The normalized spacial score (nSPS) is 16.4. The summed E-state index contributed by atoms with van der Waals surface area (Å²) < 4.78 is 48.2. The van der Waals surface area contributed by atoms with Crippen molar-refractivity contribution in [1.29, 1.82) is 0 Å². The lowest BCUT2D eigenvalue weighted by Crippen LogP contribution is -2.18. The molecule has 0 atom stereocenters. The van der Waals surface area contributed by atoms with Crippen molar-refractivity contribution in [2.24, 2.45) is 5.14 Å². The van der Waals surface area contributed by atoms with Gasteiger partial charge in [-0.15, -0.1) is 0 Å². The van der Waals surface area contributed by atoms with Gasteiger partial charge in [-0.05, 0) is 25.0 Å².